The van der Waals surface area contributed by atoms with Gasteiger partial charge in [0.25, 0.3) is 5.91 Å². The number of carboxylic acid groups (broad SMARTS) is 1. The van der Waals surface area contributed by atoms with Gasteiger partial charge in [-0.25, -0.2) is 0 Å². The van der Waals surface area contributed by atoms with Crippen LogP contribution in [0.2, 0.25) is 0 Å². The molecule has 172 valence electrons. The average Bonchev–Trinajstić information content (AvgIpc) is 3.08. The van der Waals surface area contributed by atoms with Crippen molar-refractivity contribution >= 4 is 52.2 Å². The number of carboxylic acids is 1. The van der Waals surface area contributed by atoms with Crippen LogP contribution >= 0.6 is 24.0 Å². The average molecular weight is 485 g/mol. The monoisotopic (exact) mass is 484 g/mol. The quantitative estimate of drug-likeness (QED) is 0.301. The van der Waals surface area contributed by atoms with Crippen LogP contribution in [0, 0.1) is 0 Å². The molecule has 7 nitrogen and oxygen atoms in total. The summed E-state index contributed by atoms with van der Waals surface area (Å²) in [5, 5.41) is 11.3. The number of nitrogens with zero attached hydrogens (tertiary/aromatic N) is 1. The summed E-state index contributed by atoms with van der Waals surface area (Å²) in [5.41, 5.74) is 1.84. The Morgan fingerprint density at radius 2 is 1.97 bits per heavy atom. The summed E-state index contributed by atoms with van der Waals surface area (Å²) in [4.78, 5) is 37.6. The zero-order valence-corrected chi connectivity index (χ0v) is 19.7. The second-order valence-electron chi connectivity index (χ2n) is 7.36. The highest BCUT2D eigenvalue weighted by Crippen LogP contribution is 2.34. The highest BCUT2D eigenvalue weighted by Gasteiger charge is 2.38. The largest absolute Gasteiger partial charge is 0.489 e. The van der Waals surface area contributed by atoms with E-state index in [2.05, 4.69) is 5.32 Å². The number of hydrogen-bond acceptors (Lipinski definition) is 6. The van der Waals surface area contributed by atoms with Crippen LogP contribution in [0.1, 0.15) is 30.9 Å². The maximum atomic E-state index is 12.9. The smallest absolute Gasteiger partial charge is 0.303 e. The Bertz CT molecular complexity index is 1070. The van der Waals surface area contributed by atoms with Crippen molar-refractivity contribution in [1.82, 2.24) is 10.2 Å². The van der Waals surface area contributed by atoms with E-state index in [4.69, 9.17) is 22.1 Å². The van der Waals surface area contributed by atoms with Gasteiger partial charge in [0, 0.05) is 13.0 Å². The summed E-state index contributed by atoms with van der Waals surface area (Å²) in [6, 6.07) is 16.4. The lowest BCUT2D eigenvalue weighted by atomic mass is 10.2. The van der Waals surface area contributed by atoms with Gasteiger partial charge in [-0.15, -0.1) is 0 Å². The minimum atomic E-state index is -0.922. The maximum absolute atomic E-state index is 12.9. The van der Waals surface area contributed by atoms with Gasteiger partial charge in [0.05, 0.1) is 4.91 Å². The third kappa shape index (κ3) is 6.90. The van der Waals surface area contributed by atoms with Gasteiger partial charge < -0.3 is 15.2 Å². The normalized spacial score (nSPS) is 15.5. The van der Waals surface area contributed by atoms with Crippen molar-refractivity contribution in [3.63, 3.8) is 0 Å². The van der Waals surface area contributed by atoms with Crippen LogP contribution in [0.3, 0.4) is 0 Å². The highest BCUT2D eigenvalue weighted by molar-refractivity contribution is 8.26. The Balaban J connectivity index is 1.63. The van der Waals surface area contributed by atoms with Crippen LogP contribution in [0.4, 0.5) is 0 Å². The van der Waals surface area contributed by atoms with Gasteiger partial charge in [0.1, 0.15) is 22.7 Å². The predicted octanol–water partition coefficient (Wildman–Crippen LogP) is 3.84. The summed E-state index contributed by atoms with van der Waals surface area (Å²) in [6.45, 7) is 2.25. The fourth-order valence-electron chi connectivity index (χ4n) is 3.12. The number of aliphatic carboxylic acids is 1. The minimum absolute atomic E-state index is 0.0351. The summed E-state index contributed by atoms with van der Waals surface area (Å²) in [6.07, 6.45) is 2.01. The Morgan fingerprint density at radius 1 is 1.21 bits per heavy atom. The van der Waals surface area contributed by atoms with Crippen molar-refractivity contribution in [2.24, 2.45) is 0 Å². The van der Waals surface area contributed by atoms with Gasteiger partial charge in [-0.05, 0) is 42.7 Å². The van der Waals surface area contributed by atoms with Crippen LogP contribution in [-0.4, -0.2) is 44.7 Å². The molecular formula is C24H24N2O5S2. The highest BCUT2D eigenvalue weighted by atomic mass is 32.2. The lowest BCUT2D eigenvalue weighted by Crippen LogP contribution is -2.47. The van der Waals surface area contributed by atoms with Gasteiger partial charge in [-0.3, -0.25) is 19.3 Å². The number of ether oxygens (including phenoxy) is 1. The molecule has 2 aromatic carbocycles. The molecule has 9 heteroatoms. The molecule has 0 bridgehead atoms. The predicted molar refractivity (Wildman–Crippen MR) is 132 cm³/mol. The van der Waals surface area contributed by atoms with E-state index in [0.29, 0.717) is 28.0 Å². The molecule has 1 heterocycles. The van der Waals surface area contributed by atoms with E-state index in [0.717, 1.165) is 22.9 Å². The van der Waals surface area contributed by atoms with Crippen LogP contribution in [0.25, 0.3) is 6.08 Å². The van der Waals surface area contributed by atoms with E-state index in [9.17, 15) is 14.4 Å². The van der Waals surface area contributed by atoms with Gasteiger partial charge in [0.2, 0.25) is 5.91 Å². The fraction of sp³-hybridized carbons (Fsp3) is 0.250. The molecule has 0 saturated carbocycles. The molecule has 3 rings (SSSR count). The standard InChI is InChI=1S/C24H24N2O5S2/c1-16(22(29)25-12-6-11-21(27)28)26-23(30)20(33-24(26)32)14-18-9-5-10-19(13-18)31-15-17-7-3-2-4-8-17/h2-5,7-10,13-14,16H,6,11-12,15H2,1H3,(H,25,29)(H,27,28)/b20-14-. The van der Waals surface area contributed by atoms with Crippen LogP contribution < -0.4 is 10.1 Å². The van der Waals surface area contributed by atoms with E-state index < -0.39 is 12.0 Å². The Labute approximate surface area is 201 Å². The summed E-state index contributed by atoms with van der Waals surface area (Å²) < 4.78 is 6.15. The molecule has 2 aromatic rings. The third-order valence-corrected chi connectivity index (χ3v) is 6.19. The van der Waals surface area contributed by atoms with Gasteiger partial charge in [0.15, 0.2) is 0 Å². The molecule has 33 heavy (non-hydrogen) atoms. The first-order chi connectivity index (χ1) is 15.8. The molecule has 0 spiro atoms. The number of carbonyl (C=O) groups excluding carboxylic acids is 2. The van der Waals surface area contributed by atoms with Gasteiger partial charge in [-0.1, -0.05) is 66.4 Å². The fourth-order valence-corrected chi connectivity index (χ4v) is 4.53. The summed E-state index contributed by atoms with van der Waals surface area (Å²) in [5.74, 6) is -0.964. The molecule has 1 aliphatic heterocycles. The molecule has 0 radical (unpaired) electrons. The Kier molecular flexibility index (Phi) is 8.62. The van der Waals surface area contributed by atoms with Crippen molar-refractivity contribution in [2.75, 3.05) is 6.54 Å². The molecule has 1 aliphatic rings. The lowest BCUT2D eigenvalue weighted by Gasteiger charge is -2.22. The van der Waals surface area contributed by atoms with E-state index >= 15 is 0 Å². The van der Waals surface area contributed by atoms with Crippen molar-refractivity contribution < 1.29 is 24.2 Å². The van der Waals surface area contributed by atoms with E-state index in [1.807, 2.05) is 54.6 Å². The number of thiocarbonyl (C=S) groups is 1. The Morgan fingerprint density at radius 3 is 2.70 bits per heavy atom. The zero-order valence-electron chi connectivity index (χ0n) is 18.0. The molecular weight excluding hydrogens is 460 g/mol. The number of amides is 2. The summed E-state index contributed by atoms with van der Waals surface area (Å²) in [7, 11) is 0. The molecule has 1 fully saturated rings. The minimum Gasteiger partial charge on any atom is -0.489 e. The summed E-state index contributed by atoms with van der Waals surface area (Å²) >= 11 is 6.48. The number of thioether (sulfide) groups is 1. The number of hydrogen-bond donors (Lipinski definition) is 2. The van der Waals surface area contributed by atoms with E-state index in [1.54, 1.807) is 13.0 Å². The topological polar surface area (TPSA) is 95.9 Å². The molecule has 1 atom stereocenters. The first-order valence-corrected chi connectivity index (χ1v) is 11.6. The van der Waals surface area contributed by atoms with Gasteiger partial charge in [-0.2, -0.15) is 0 Å². The molecule has 2 N–H and O–H groups in total. The second-order valence-corrected chi connectivity index (χ2v) is 9.04. The van der Waals surface area contributed by atoms with Gasteiger partial charge >= 0.3 is 5.97 Å². The van der Waals surface area contributed by atoms with Crippen molar-refractivity contribution in [1.29, 1.82) is 0 Å². The molecule has 1 saturated heterocycles. The molecule has 1 unspecified atom stereocenters. The molecule has 0 aromatic heterocycles. The van der Waals surface area contributed by atoms with Crippen LogP contribution in [0.15, 0.2) is 59.5 Å². The maximum Gasteiger partial charge on any atom is 0.303 e. The van der Waals surface area contributed by atoms with E-state index in [1.165, 1.54) is 4.90 Å². The third-order valence-electron chi connectivity index (χ3n) is 4.86. The molecule has 0 aliphatic carbocycles. The molecule has 2 amide bonds. The number of rotatable bonds is 10. The first kappa shape index (κ1) is 24.5. The zero-order chi connectivity index (χ0) is 23.8. The lowest BCUT2D eigenvalue weighted by molar-refractivity contribution is -0.137. The SMILES string of the molecule is CC(C(=O)NCCCC(=O)O)N1C(=O)/C(=C/c2cccc(OCc3ccccc3)c2)SC1=S. The van der Waals surface area contributed by atoms with Crippen molar-refractivity contribution in [2.45, 2.75) is 32.4 Å². The van der Waals surface area contributed by atoms with Crippen molar-refractivity contribution in [3.05, 3.63) is 70.6 Å². The van der Waals surface area contributed by atoms with Crippen LogP contribution in [-0.2, 0) is 21.0 Å². The second kappa shape index (κ2) is 11.6. The first-order valence-electron chi connectivity index (χ1n) is 10.4. The van der Waals surface area contributed by atoms with Crippen molar-refractivity contribution in [3.8, 4) is 5.75 Å². The Hall–Kier alpha value is -3.17. The number of benzene rings is 2. The van der Waals surface area contributed by atoms with E-state index in [-0.39, 0.29) is 24.8 Å². The number of carbonyl (C=O) groups is 3. The van der Waals surface area contributed by atoms with Crippen LogP contribution in [0.5, 0.6) is 5.75 Å². The number of nitrogens with one attached hydrogen (secondary N) is 1.